The Morgan fingerprint density at radius 1 is 0.615 bits per heavy atom. The highest BCUT2D eigenvalue weighted by Crippen LogP contribution is 2.31. The Balaban J connectivity index is 1.72. The Labute approximate surface area is 153 Å². The van der Waals surface area contributed by atoms with Crippen molar-refractivity contribution >= 4 is 0 Å². The first-order valence-corrected chi connectivity index (χ1v) is 9.05. The second kappa shape index (κ2) is 6.23. The first-order valence-electron chi connectivity index (χ1n) is 9.05. The molecule has 0 aliphatic carbocycles. The lowest BCUT2D eigenvalue weighted by atomic mass is 9.93. The third-order valence-corrected chi connectivity index (χ3v) is 5.20. The number of pyridine rings is 2. The van der Waals surface area contributed by atoms with Crippen LogP contribution < -0.4 is 9.13 Å². The maximum Gasteiger partial charge on any atom is 0.243 e. The minimum absolute atomic E-state index is 0.266. The van der Waals surface area contributed by atoms with E-state index in [9.17, 15) is 0 Å². The minimum atomic E-state index is 0.266. The van der Waals surface area contributed by atoms with Crippen molar-refractivity contribution in [3.05, 3.63) is 109 Å². The SMILES string of the molecule is c1ccc(-c2cccc[n+]2C2C[n+]3ccccc3-c3ccccc32)cc1. The molecule has 0 amide bonds. The normalized spacial score (nSPS) is 15.2. The van der Waals surface area contributed by atoms with Gasteiger partial charge in [0.1, 0.15) is 0 Å². The number of rotatable bonds is 2. The van der Waals surface area contributed by atoms with E-state index in [0.717, 1.165) is 6.54 Å². The van der Waals surface area contributed by atoms with Crippen molar-refractivity contribution in [2.45, 2.75) is 12.6 Å². The van der Waals surface area contributed by atoms with Crippen LogP contribution in [0.25, 0.3) is 22.5 Å². The zero-order valence-electron chi connectivity index (χ0n) is 14.5. The van der Waals surface area contributed by atoms with Crippen molar-refractivity contribution in [2.75, 3.05) is 0 Å². The van der Waals surface area contributed by atoms with Crippen LogP contribution in [0.3, 0.4) is 0 Å². The Kier molecular flexibility index (Phi) is 3.60. The van der Waals surface area contributed by atoms with Crippen molar-refractivity contribution in [1.29, 1.82) is 0 Å². The summed E-state index contributed by atoms with van der Waals surface area (Å²) in [6.07, 6.45) is 4.39. The van der Waals surface area contributed by atoms with Gasteiger partial charge in [0.2, 0.25) is 24.0 Å². The fraction of sp³-hybridized carbons (Fsp3) is 0.0833. The van der Waals surface area contributed by atoms with Crippen molar-refractivity contribution < 1.29 is 9.13 Å². The third-order valence-electron chi connectivity index (χ3n) is 5.20. The summed E-state index contributed by atoms with van der Waals surface area (Å²) in [6.45, 7) is 0.932. The topological polar surface area (TPSA) is 7.76 Å². The highest BCUT2D eigenvalue weighted by Gasteiger charge is 2.37. The summed E-state index contributed by atoms with van der Waals surface area (Å²) in [7, 11) is 0. The van der Waals surface area contributed by atoms with E-state index < -0.39 is 0 Å². The van der Waals surface area contributed by atoms with Crippen LogP contribution >= 0.6 is 0 Å². The van der Waals surface area contributed by atoms with Crippen molar-refractivity contribution in [3.8, 4) is 22.5 Å². The van der Waals surface area contributed by atoms with Crippen molar-refractivity contribution in [1.82, 2.24) is 0 Å². The molecule has 2 heteroatoms. The highest BCUT2D eigenvalue weighted by atomic mass is 15.1. The summed E-state index contributed by atoms with van der Waals surface area (Å²) >= 11 is 0. The fourth-order valence-electron chi connectivity index (χ4n) is 4.00. The molecule has 0 spiro atoms. The monoisotopic (exact) mass is 336 g/mol. The molecule has 4 aromatic rings. The molecular formula is C24H20N2+2. The maximum absolute atomic E-state index is 2.41. The lowest BCUT2D eigenvalue weighted by Crippen LogP contribution is -2.53. The number of hydrogen-bond donors (Lipinski definition) is 0. The van der Waals surface area contributed by atoms with Crippen molar-refractivity contribution in [2.24, 2.45) is 0 Å². The Morgan fingerprint density at radius 2 is 1.31 bits per heavy atom. The van der Waals surface area contributed by atoms with Crippen LogP contribution in [0.2, 0.25) is 0 Å². The van der Waals surface area contributed by atoms with Crippen LogP contribution in [0.4, 0.5) is 0 Å². The molecule has 1 aliphatic rings. The molecule has 2 aromatic heterocycles. The molecule has 0 saturated heterocycles. The molecule has 0 fully saturated rings. The molecule has 1 unspecified atom stereocenters. The molecule has 2 aromatic carbocycles. The van der Waals surface area contributed by atoms with Gasteiger partial charge in [-0.3, -0.25) is 0 Å². The molecule has 2 nitrogen and oxygen atoms in total. The first-order chi connectivity index (χ1) is 12.9. The van der Waals surface area contributed by atoms with E-state index in [1.807, 2.05) is 0 Å². The summed E-state index contributed by atoms with van der Waals surface area (Å²) < 4.78 is 4.78. The number of benzene rings is 2. The average Bonchev–Trinajstić information content (AvgIpc) is 2.74. The van der Waals surface area contributed by atoms with E-state index in [2.05, 4.69) is 113 Å². The predicted octanol–water partition coefficient (Wildman–Crippen LogP) is 4.20. The van der Waals surface area contributed by atoms with Gasteiger partial charge >= 0.3 is 0 Å². The minimum Gasteiger partial charge on any atom is -0.191 e. The van der Waals surface area contributed by atoms with E-state index in [-0.39, 0.29) is 6.04 Å². The zero-order chi connectivity index (χ0) is 17.3. The van der Waals surface area contributed by atoms with Gasteiger partial charge in [0.15, 0.2) is 12.4 Å². The molecular weight excluding hydrogens is 316 g/mol. The van der Waals surface area contributed by atoms with Gasteiger partial charge in [-0.05, 0) is 30.3 Å². The van der Waals surface area contributed by atoms with Gasteiger partial charge < -0.3 is 0 Å². The average molecular weight is 336 g/mol. The number of nitrogens with zero attached hydrogens (tertiary/aromatic N) is 2. The summed E-state index contributed by atoms with van der Waals surface area (Å²) in [5.74, 6) is 0. The Morgan fingerprint density at radius 3 is 2.19 bits per heavy atom. The molecule has 26 heavy (non-hydrogen) atoms. The van der Waals surface area contributed by atoms with Crippen molar-refractivity contribution in [3.63, 3.8) is 0 Å². The molecule has 0 radical (unpaired) electrons. The van der Waals surface area contributed by atoms with Gasteiger partial charge in [-0.1, -0.05) is 36.4 Å². The van der Waals surface area contributed by atoms with Crippen LogP contribution in [-0.2, 0) is 6.54 Å². The van der Waals surface area contributed by atoms with Crippen LogP contribution in [0, 0.1) is 0 Å². The van der Waals surface area contributed by atoms with E-state index >= 15 is 0 Å². The van der Waals surface area contributed by atoms with E-state index in [1.165, 1.54) is 28.1 Å². The molecule has 5 rings (SSSR count). The largest absolute Gasteiger partial charge is 0.243 e. The molecule has 3 heterocycles. The summed E-state index contributed by atoms with van der Waals surface area (Å²) in [4.78, 5) is 0. The summed E-state index contributed by atoms with van der Waals surface area (Å²) in [5, 5.41) is 0. The molecule has 0 bridgehead atoms. The Hall–Kier alpha value is -3.26. The van der Waals surface area contributed by atoms with E-state index in [0.29, 0.717) is 0 Å². The van der Waals surface area contributed by atoms with Crippen LogP contribution in [-0.4, -0.2) is 0 Å². The van der Waals surface area contributed by atoms with Gasteiger partial charge in [-0.25, -0.2) is 0 Å². The number of hydrogen-bond acceptors (Lipinski definition) is 0. The van der Waals surface area contributed by atoms with Gasteiger partial charge in [0.05, 0.1) is 5.56 Å². The first kappa shape index (κ1) is 15.0. The Bertz CT molecular complexity index is 1070. The predicted molar refractivity (Wildman–Crippen MR) is 102 cm³/mol. The molecule has 0 N–H and O–H groups in total. The molecule has 0 saturated carbocycles. The molecule has 124 valence electrons. The van der Waals surface area contributed by atoms with E-state index in [1.54, 1.807) is 0 Å². The fourth-order valence-corrected chi connectivity index (χ4v) is 4.00. The third kappa shape index (κ3) is 2.42. The number of aromatic nitrogens is 2. The van der Waals surface area contributed by atoms with Gasteiger partial charge in [0.25, 0.3) is 0 Å². The molecule has 1 atom stereocenters. The standard InChI is InChI=1S/C24H20N2/c1-2-10-19(11-3-1)22-14-7-9-17-26(22)24-18-25-16-8-6-15-23(25)20-12-4-5-13-21(20)24/h1-17,24H,18H2/q+2. The second-order valence-electron chi connectivity index (χ2n) is 6.70. The van der Waals surface area contributed by atoms with Gasteiger partial charge in [0, 0.05) is 35.4 Å². The maximum atomic E-state index is 2.41. The van der Waals surface area contributed by atoms with Crippen LogP contribution in [0.15, 0.2) is 103 Å². The summed E-state index contributed by atoms with van der Waals surface area (Å²) in [5.41, 5.74) is 6.48. The lowest BCUT2D eigenvalue weighted by molar-refractivity contribution is -0.784. The highest BCUT2D eigenvalue weighted by molar-refractivity contribution is 5.63. The smallest absolute Gasteiger partial charge is 0.191 e. The zero-order valence-corrected chi connectivity index (χ0v) is 14.5. The quantitative estimate of drug-likeness (QED) is 0.485. The number of fused-ring (bicyclic) bond motifs is 3. The van der Waals surface area contributed by atoms with Gasteiger partial charge in [-0.2, -0.15) is 9.13 Å². The van der Waals surface area contributed by atoms with Gasteiger partial charge in [-0.15, -0.1) is 0 Å². The van der Waals surface area contributed by atoms with Crippen LogP contribution in [0.5, 0.6) is 0 Å². The second-order valence-corrected chi connectivity index (χ2v) is 6.70. The summed E-state index contributed by atoms with van der Waals surface area (Å²) in [6, 6.07) is 32.6. The van der Waals surface area contributed by atoms with E-state index in [4.69, 9.17) is 0 Å². The molecule has 1 aliphatic heterocycles. The lowest BCUT2D eigenvalue weighted by Gasteiger charge is -2.21. The van der Waals surface area contributed by atoms with Crippen LogP contribution in [0.1, 0.15) is 11.6 Å².